The van der Waals surface area contributed by atoms with Crippen LogP contribution < -0.4 is 16.2 Å². The van der Waals surface area contributed by atoms with Gasteiger partial charge in [-0.3, -0.25) is 10.1 Å². The van der Waals surface area contributed by atoms with E-state index in [1.807, 2.05) is 6.07 Å². The first-order valence-corrected chi connectivity index (χ1v) is 6.72. The first kappa shape index (κ1) is 14.4. The third-order valence-corrected chi connectivity index (χ3v) is 3.66. The highest BCUT2D eigenvalue weighted by Crippen LogP contribution is 2.43. The number of hydrogen-bond acceptors (Lipinski definition) is 6. The number of nitro groups is 1. The number of rotatable bonds is 2. The summed E-state index contributed by atoms with van der Waals surface area (Å²) in [6.45, 7) is 0. The molecule has 0 spiro atoms. The van der Waals surface area contributed by atoms with Crippen LogP contribution in [0.3, 0.4) is 0 Å². The normalized spacial score (nSPS) is 16.2. The first-order chi connectivity index (χ1) is 11.0. The quantitative estimate of drug-likeness (QED) is 0.498. The Morgan fingerprint density at radius 1 is 1.22 bits per heavy atom. The van der Waals surface area contributed by atoms with E-state index in [0.717, 1.165) is 0 Å². The highest BCUT2D eigenvalue weighted by atomic mass is 16.6. The molecule has 7 nitrogen and oxygen atoms in total. The van der Waals surface area contributed by atoms with Gasteiger partial charge in [0, 0.05) is 29.4 Å². The van der Waals surface area contributed by atoms with Crippen LogP contribution in [-0.4, -0.2) is 4.92 Å². The van der Waals surface area contributed by atoms with Gasteiger partial charge >= 0.3 is 0 Å². The minimum Gasteiger partial charge on any atom is -0.440 e. The van der Waals surface area contributed by atoms with Gasteiger partial charge in [-0.1, -0.05) is 18.2 Å². The van der Waals surface area contributed by atoms with E-state index in [4.69, 9.17) is 16.2 Å². The van der Waals surface area contributed by atoms with Crippen LogP contribution in [0, 0.1) is 21.4 Å². The number of ether oxygens (including phenoxy) is 1. The minimum absolute atomic E-state index is 0.0258. The molecule has 0 aromatic heterocycles. The molecule has 0 amide bonds. The van der Waals surface area contributed by atoms with Crippen LogP contribution in [0.4, 0.5) is 11.4 Å². The summed E-state index contributed by atoms with van der Waals surface area (Å²) in [5.74, 6) is -0.121. The van der Waals surface area contributed by atoms with Crippen molar-refractivity contribution >= 4 is 11.4 Å². The maximum atomic E-state index is 11.0. The molecular formula is C16H12N4O3. The summed E-state index contributed by atoms with van der Waals surface area (Å²) in [5, 5.41) is 20.4. The first-order valence-electron chi connectivity index (χ1n) is 6.72. The van der Waals surface area contributed by atoms with Crippen molar-refractivity contribution < 1.29 is 9.66 Å². The van der Waals surface area contributed by atoms with Crippen molar-refractivity contribution in [1.29, 1.82) is 5.26 Å². The van der Waals surface area contributed by atoms with E-state index in [-0.39, 0.29) is 17.1 Å². The van der Waals surface area contributed by atoms with Crippen molar-refractivity contribution in [1.82, 2.24) is 0 Å². The summed E-state index contributed by atoms with van der Waals surface area (Å²) < 4.78 is 5.47. The van der Waals surface area contributed by atoms with Crippen molar-refractivity contribution in [2.45, 2.75) is 5.92 Å². The standard InChI is InChI=1S/C16H12N4O3/c17-8-13-15(9-2-1-3-11(6-9)20(21)22)12-5-4-10(18)7-14(12)23-16(13)19/h1-7,15H,18-19H2/t15-/m1/s1. The summed E-state index contributed by atoms with van der Waals surface area (Å²) in [6.07, 6.45) is 0. The lowest BCUT2D eigenvalue weighted by Crippen LogP contribution is -2.21. The number of anilines is 1. The second-order valence-corrected chi connectivity index (χ2v) is 5.07. The number of hydrogen-bond donors (Lipinski definition) is 2. The van der Waals surface area contributed by atoms with Crippen molar-refractivity contribution in [3.63, 3.8) is 0 Å². The Morgan fingerprint density at radius 2 is 2.00 bits per heavy atom. The van der Waals surface area contributed by atoms with Crippen molar-refractivity contribution in [2.75, 3.05) is 5.73 Å². The summed E-state index contributed by atoms with van der Waals surface area (Å²) in [4.78, 5) is 10.5. The number of nitriles is 1. The molecule has 2 aromatic carbocycles. The van der Waals surface area contributed by atoms with Gasteiger partial charge in [0.25, 0.3) is 5.69 Å². The van der Waals surface area contributed by atoms with E-state index in [9.17, 15) is 15.4 Å². The molecule has 0 unspecified atom stereocenters. The molecule has 0 radical (unpaired) electrons. The van der Waals surface area contributed by atoms with Gasteiger partial charge in [0.05, 0.1) is 10.8 Å². The Kier molecular flexibility index (Phi) is 3.35. The zero-order chi connectivity index (χ0) is 16.6. The molecule has 1 atom stereocenters. The summed E-state index contributed by atoms with van der Waals surface area (Å²) in [5.41, 5.74) is 13.5. The smallest absolute Gasteiger partial charge is 0.269 e. The molecule has 0 saturated carbocycles. The number of allylic oxidation sites excluding steroid dienone is 1. The molecule has 23 heavy (non-hydrogen) atoms. The molecule has 1 aliphatic heterocycles. The summed E-state index contributed by atoms with van der Waals surface area (Å²) in [6, 6.07) is 13.2. The Labute approximate surface area is 131 Å². The number of nitrogens with two attached hydrogens (primary N) is 2. The lowest BCUT2D eigenvalue weighted by atomic mass is 9.83. The van der Waals surface area contributed by atoms with Gasteiger partial charge < -0.3 is 16.2 Å². The molecule has 1 aliphatic rings. The predicted octanol–water partition coefficient (Wildman–Crippen LogP) is 2.40. The third-order valence-electron chi connectivity index (χ3n) is 3.66. The number of nitro benzene ring substituents is 1. The topological polar surface area (TPSA) is 128 Å². The zero-order valence-corrected chi connectivity index (χ0v) is 11.9. The monoisotopic (exact) mass is 308 g/mol. The zero-order valence-electron chi connectivity index (χ0n) is 11.9. The molecule has 1 heterocycles. The molecular weight excluding hydrogens is 296 g/mol. The van der Waals surface area contributed by atoms with Crippen LogP contribution in [0.5, 0.6) is 5.75 Å². The Bertz CT molecular complexity index is 883. The van der Waals surface area contributed by atoms with E-state index in [1.165, 1.54) is 12.1 Å². The molecule has 3 rings (SSSR count). The number of benzene rings is 2. The fourth-order valence-electron chi connectivity index (χ4n) is 2.63. The van der Waals surface area contributed by atoms with Crippen molar-refractivity contribution in [3.05, 3.63) is 75.2 Å². The van der Waals surface area contributed by atoms with Crippen LogP contribution in [0.2, 0.25) is 0 Å². The van der Waals surface area contributed by atoms with E-state index in [0.29, 0.717) is 22.6 Å². The fraction of sp³-hybridized carbons (Fsp3) is 0.0625. The van der Waals surface area contributed by atoms with E-state index < -0.39 is 10.8 Å². The predicted molar refractivity (Wildman–Crippen MR) is 83.2 cm³/mol. The highest BCUT2D eigenvalue weighted by Gasteiger charge is 2.31. The van der Waals surface area contributed by atoms with E-state index >= 15 is 0 Å². The van der Waals surface area contributed by atoms with Gasteiger partial charge in [-0.15, -0.1) is 0 Å². The Balaban J connectivity index is 2.22. The third kappa shape index (κ3) is 2.42. The molecule has 4 N–H and O–H groups in total. The Hall–Kier alpha value is -3.53. The average Bonchev–Trinajstić information content (AvgIpc) is 2.53. The highest BCUT2D eigenvalue weighted by molar-refractivity contribution is 5.60. The van der Waals surface area contributed by atoms with Crippen molar-refractivity contribution in [2.24, 2.45) is 5.73 Å². The maximum absolute atomic E-state index is 11.0. The largest absolute Gasteiger partial charge is 0.440 e. The SMILES string of the molecule is N#CC1=C(N)Oc2cc(N)ccc2[C@H]1c1cccc([N+](=O)[O-])c1. The van der Waals surface area contributed by atoms with Gasteiger partial charge in [-0.2, -0.15) is 5.26 Å². The van der Waals surface area contributed by atoms with Crippen LogP contribution in [0.1, 0.15) is 17.0 Å². The summed E-state index contributed by atoms with van der Waals surface area (Å²) in [7, 11) is 0. The van der Waals surface area contributed by atoms with E-state index in [2.05, 4.69) is 0 Å². The van der Waals surface area contributed by atoms with E-state index in [1.54, 1.807) is 30.3 Å². The molecule has 0 fully saturated rings. The molecule has 2 aromatic rings. The van der Waals surface area contributed by atoms with Crippen LogP contribution in [-0.2, 0) is 0 Å². The van der Waals surface area contributed by atoms with Crippen LogP contribution >= 0.6 is 0 Å². The number of nitrogen functional groups attached to an aromatic ring is 1. The second kappa shape index (κ2) is 5.35. The van der Waals surface area contributed by atoms with Crippen molar-refractivity contribution in [3.8, 4) is 11.8 Å². The second-order valence-electron chi connectivity index (χ2n) is 5.07. The minimum atomic E-state index is -0.538. The number of fused-ring (bicyclic) bond motifs is 1. The van der Waals surface area contributed by atoms with Gasteiger partial charge in [0.15, 0.2) is 0 Å². The van der Waals surface area contributed by atoms with Gasteiger partial charge in [0.1, 0.15) is 17.4 Å². The maximum Gasteiger partial charge on any atom is 0.269 e. The fourth-order valence-corrected chi connectivity index (χ4v) is 2.63. The number of nitrogens with zero attached hydrogens (tertiary/aromatic N) is 2. The van der Waals surface area contributed by atoms with Gasteiger partial charge in [-0.05, 0) is 11.6 Å². The van der Waals surface area contributed by atoms with Gasteiger partial charge in [0.2, 0.25) is 5.88 Å². The molecule has 0 saturated heterocycles. The molecule has 7 heteroatoms. The van der Waals surface area contributed by atoms with Crippen LogP contribution in [0.25, 0.3) is 0 Å². The lowest BCUT2D eigenvalue weighted by Gasteiger charge is -2.26. The molecule has 114 valence electrons. The van der Waals surface area contributed by atoms with Crippen LogP contribution in [0.15, 0.2) is 53.9 Å². The lowest BCUT2D eigenvalue weighted by molar-refractivity contribution is -0.384. The average molecular weight is 308 g/mol. The number of non-ortho nitro benzene ring substituents is 1. The van der Waals surface area contributed by atoms with Gasteiger partial charge in [-0.25, -0.2) is 0 Å². The Morgan fingerprint density at radius 3 is 2.70 bits per heavy atom. The molecule has 0 aliphatic carbocycles. The molecule has 0 bridgehead atoms. The summed E-state index contributed by atoms with van der Waals surface area (Å²) >= 11 is 0.